The lowest BCUT2D eigenvalue weighted by Crippen LogP contribution is -2.36. The van der Waals surface area contributed by atoms with Gasteiger partial charge in [-0.2, -0.15) is 0 Å². The minimum Gasteiger partial charge on any atom is -0.486 e. The molecule has 0 aliphatic carbocycles. The van der Waals surface area contributed by atoms with Crippen molar-refractivity contribution in [3.8, 4) is 11.5 Å². The van der Waals surface area contributed by atoms with Crippen molar-refractivity contribution in [2.24, 2.45) is 0 Å². The van der Waals surface area contributed by atoms with E-state index in [1.54, 1.807) is 4.90 Å². The number of amides is 2. The van der Waals surface area contributed by atoms with Gasteiger partial charge >= 0.3 is 0 Å². The molecule has 1 saturated heterocycles. The van der Waals surface area contributed by atoms with Gasteiger partial charge in [0.2, 0.25) is 11.8 Å². The van der Waals surface area contributed by atoms with Crippen LogP contribution in [0.1, 0.15) is 12.0 Å². The number of benzene rings is 1. The van der Waals surface area contributed by atoms with Crippen molar-refractivity contribution in [2.45, 2.75) is 12.8 Å². The van der Waals surface area contributed by atoms with Gasteiger partial charge in [-0.15, -0.1) is 0 Å². The molecule has 0 saturated carbocycles. The van der Waals surface area contributed by atoms with E-state index in [4.69, 9.17) is 9.47 Å². The summed E-state index contributed by atoms with van der Waals surface area (Å²) in [6.45, 7) is 2.33. The zero-order valence-corrected chi connectivity index (χ0v) is 11.8. The fraction of sp³-hybridized carbons (Fsp3) is 0.467. The number of carbonyl (C=O) groups is 2. The van der Waals surface area contributed by atoms with E-state index >= 15 is 0 Å². The first-order valence-corrected chi connectivity index (χ1v) is 7.15. The van der Waals surface area contributed by atoms with Crippen LogP contribution in [0.2, 0.25) is 0 Å². The van der Waals surface area contributed by atoms with Gasteiger partial charge in [-0.3, -0.25) is 9.59 Å². The Morgan fingerprint density at radius 3 is 2.81 bits per heavy atom. The lowest BCUT2D eigenvalue weighted by atomic mass is 10.1. The number of ether oxygens (including phenoxy) is 2. The maximum Gasteiger partial charge on any atom is 0.241 e. The highest BCUT2D eigenvalue weighted by Crippen LogP contribution is 2.30. The lowest BCUT2D eigenvalue weighted by molar-refractivity contribution is -0.130. The second-order valence-corrected chi connectivity index (χ2v) is 5.14. The van der Waals surface area contributed by atoms with Crippen molar-refractivity contribution < 1.29 is 19.1 Å². The molecule has 21 heavy (non-hydrogen) atoms. The first-order valence-electron chi connectivity index (χ1n) is 7.15. The Morgan fingerprint density at radius 1 is 1.14 bits per heavy atom. The molecular formula is C15H18N2O4. The van der Waals surface area contributed by atoms with Gasteiger partial charge in [0.25, 0.3) is 0 Å². The number of nitrogens with zero attached hydrogens (tertiary/aromatic N) is 1. The predicted molar refractivity (Wildman–Crippen MR) is 75.3 cm³/mol. The molecule has 0 radical (unpaired) electrons. The summed E-state index contributed by atoms with van der Waals surface area (Å²) in [4.78, 5) is 24.9. The summed E-state index contributed by atoms with van der Waals surface area (Å²) in [5.74, 6) is 1.44. The Balaban J connectivity index is 1.61. The minimum atomic E-state index is -0.0646. The molecule has 0 bridgehead atoms. The van der Waals surface area contributed by atoms with Crippen molar-refractivity contribution in [3.63, 3.8) is 0 Å². The van der Waals surface area contributed by atoms with Crippen molar-refractivity contribution in [1.29, 1.82) is 0 Å². The number of nitrogens with one attached hydrogen (secondary N) is 1. The zero-order valence-electron chi connectivity index (χ0n) is 11.8. The summed E-state index contributed by atoms with van der Waals surface area (Å²) in [7, 11) is 0. The van der Waals surface area contributed by atoms with Crippen LogP contribution in [0.5, 0.6) is 11.5 Å². The number of rotatable bonds is 3. The molecular weight excluding hydrogens is 272 g/mol. The van der Waals surface area contributed by atoms with Gasteiger partial charge in [0.05, 0.1) is 6.54 Å². The van der Waals surface area contributed by atoms with Gasteiger partial charge < -0.3 is 19.7 Å². The molecule has 2 aliphatic rings. The molecule has 0 unspecified atom stereocenters. The van der Waals surface area contributed by atoms with E-state index in [1.807, 2.05) is 18.2 Å². The maximum absolute atomic E-state index is 11.9. The zero-order chi connectivity index (χ0) is 14.7. The van der Waals surface area contributed by atoms with E-state index in [9.17, 15) is 9.59 Å². The maximum atomic E-state index is 11.9. The molecule has 1 aromatic rings. The topological polar surface area (TPSA) is 67.9 Å². The Morgan fingerprint density at radius 2 is 1.95 bits per heavy atom. The van der Waals surface area contributed by atoms with Gasteiger partial charge in [-0.25, -0.2) is 0 Å². The molecule has 6 nitrogen and oxygen atoms in total. The predicted octanol–water partition coefficient (Wildman–Crippen LogP) is 0.349. The van der Waals surface area contributed by atoms with Crippen LogP contribution < -0.4 is 14.8 Å². The van der Waals surface area contributed by atoms with Gasteiger partial charge in [0, 0.05) is 19.5 Å². The second kappa shape index (κ2) is 6.03. The van der Waals surface area contributed by atoms with Gasteiger partial charge in [-0.05, 0) is 24.1 Å². The van der Waals surface area contributed by atoms with E-state index in [0.717, 1.165) is 23.5 Å². The molecule has 1 N–H and O–H groups in total. The van der Waals surface area contributed by atoms with E-state index in [2.05, 4.69) is 5.32 Å². The van der Waals surface area contributed by atoms with Crippen LogP contribution >= 0.6 is 0 Å². The molecule has 0 atom stereocenters. The fourth-order valence-corrected chi connectivity index (χ4v) is 2.48. The highest BCUT2D eigenvalue weighted by Gasteiger charge is 2.20. The highest BCUT2D eigenvalue weighted by atomic mass is 16.6. The summed E-state index contributed by atoms with van der Waals surface area (Å²) in [5.41, 5.74) is 1.09. The lowest BCUT2D eigenvalue weighted by Gasteiger charge is -2.21. The van der Waals surface area contributed by atoms with Crippen LogP contribution in [0.3, 0.4) is 0 Å². The van der Waals surface area contributed by atoms with Crippen LogP contribution in [0, 0.1) is 0 Å². The summed E-state index contributed by atoms with van der Waals surface area (Å²) >= 11 is 0. The van der Waals surface area contributed by atoms with Crippen molar-refractivity contribution >= 4 is 11.8 Å². The monoisotopic (exact) mass is 290 g/mol. The third-order valence-corrected chi connectivity index (χ3v) is 3.68. The van der Waals surface area contributed by atoms with Crippen LogP contribution in [0.4, 0.5) is 0 Å². The first-order chi connectivity index (χ1) is 10.2. The quantitative estimate of drug-likeness (QED) is 0.872. The van der Waals surface area contributed by atoms with Crippen LogP contribution in [0.25, 0.3) is 0 Å². The molecule has 1 fully saturated rings. The van der Waals surface area contributed by atoms with E-state index in [-0.39, 0.29) is 18.4 Å². The highest BCUT2D eigenvalue weighted by molar-refractivity contribution is 5.87. The third-order valence-electron chi connectivity index (χ3n) is 3.68. The SMILES string of the molecule is O=C1CCN(CCc2ccc3c(c2)OCCO3)C(=O)CN1. The van der Waals surface area contributed by atoms with Gasteiger partial charge in [0.15, 0.2) is 11.5 Å². The summed E-state index contributed by atoms with van der Waals surface area (Å²) < 4.78 is 11.0. The second-order valence-electron chi connectivity index (χ2n) is 5.14. The van der Waals surface area contributed by atoms with Gasteiger partial charge in [-0.1, -0.05) is 6.07 Å². The molecule has 112 valence electrons. The Bertz CT molecular complexity index is 559. The molecule has 2 heterocycles. The van der Waals surface area contributed by atoms with E-state index < -0.39 is 0 Å². The number of hydrogen-bond donors (Lipinski definition) is 1. The van der Waals surface area contributed by atoms with E-state index in [1.165, 1.54) is 0 Å². The van der Waals surface area contributed by atoms with E-state index in [0.29, 0.717) is 32.7 Å². The summed E-state index contributed by atoms with van der Waals surface area (Å²) in [6, 6.07) is 5.85. The summed E-state index contributed by atoms with van der Waals surface area (Å²) in [5, 5.41) is 2.60. The average Bonchev–Trinajstić information content (AvgIpc) is 2.67. The normalized spacial score (nSPS) is 18.2. The Hall–Kier alpha value is -2.24. The Kier molecular flexibility index (Phi) is 3.94. The van der Waals surface area contributed by atoms with Crippen LogP contribution in [0.15, 0.2) is 18.2 Å². The molecule has 1 aromatic carbocycles. The number of carbonyl (C=O) groups excluding carboxylic acids is 2. The third kappa shape index (κ3) is 3.26. The standard InChI is InChI=1S/C15H18N2O4/c18-14-4-6-17(15(19)10-16-14)5-3-11-1-2-12-13(9-11)21-8-7-20-12/h1-2,9H,3-8,10H2,(H,16,18). The molecule has 0 spiro atoms. The molecule has 3 rings (SSSR count). The van der Waals surface area contributed by atoms with Crippen molar-refractivity contribution in [1.82, 2.24) is 10.2 Å². The van der Waals surface area contributed by atoms with Crippen LogP contribution in [-0.2, 0) is 16.0 Å². The Labute approximate surface area is 123 Å². The minimum absolute atomic E-state index is 0.0293. The molecule has 2 amide bonds. The smallest absolute Gasteiger partial charge is 0.241 e. The average molecular weight is 290 g/mol. The fourth-order valence-electron chi connectivity index (χ4n) is 2.48. The van der Waals surface area contributed by atoms with Crippen molar-refractivity contribution in [2.75, 3.05) is 32.8 Å². The number of fused-ring (bicyclic) bond motifs is 1. The number of hydrogen-bond acceptors (Lipinski definition) is 4. The molecule has 2 aliphatic heterocycles. The molecule has 0 aromatic heterocycles. The largest absolute Gasteiger partial charge is 0.486 e. The van der Waals surface area contributed by atoms with Crippen LogP contribution in [-0.4, -0.2) is 49.6 Å². The first kappa shape index (κ1) is 13.7. The van der Waals surface area contributed by atoms with Crippen molar-refractivity contribution in [3.05, 3.63) is 23.8 Å². The van der Waals surface area contributed by atoms with Gasteiger partial charge in [0.1, 0.15) is 13.2 Å². The molecule has 6 heteroatoms. The summed E-state index contributed by atoms with van der Waals surface area (Å²) in [6.07, 6.45) is 1.10.